The lowest BCUT2D eigenvalue weighted by molar-refractivity contribution is -0.155. The highest BCUT2D eigenvalue weighted by molar-refractivity contribution is 6.30. The largest absolute Gasteiger partial charge is 0.367 e. The molecule has 0 aliphatic heterocycles. The summed E-state index contributed by atoms with van der Waals surface area (Å²) in [5.41, 5.74) is 4.92. The second-order valence-electron chi connectivity index (χ2n) is 4.00. The Hall–Kier alpha value is -1.30. The predicted octanol–water partition coefficient (Wildman–Crippen LogP) is 1.61. The number of carbonyl (C=O) groups excluding carboxylic acids is 1. The molecule has 0 radical (unpaired) electrons. The van der Waals surface area contributed by atoms with Gasteiger partial charge in [-0.25, -0.2) is 0 Å². The van der Waals surface area contributed by atoms with E-state index in [4.69, 9.17) is 26.8 Å². The van der Waals surface area contributed by atoms with Crippen LogP contribution < -0.4 is 11.1 Å². The summed E-state index contributed by atoms with van der Waals surface area (Å²) in [4.78, 5) is 11.6. The maximum Gasteiger partial charge on any atom is 0.248 e. The number of rotatable bonds is 6. The number of primary amides is 1. The number of carbonyl (C=O) groups is 1. The molecule has 1 amide bonds. The molecule has 0 aromatic heterocycles. The van der Waals surface area contributed by atoms with Crippen LogP contribution in [0.3, 0.4) is 0 Å². The second-order valence-corrected chi connectivity index (χ2v) is 4.44. The third-order valence-corrected chi connectivity index (χ3v) is 2.91. The zero-order chi connectivity index (χ0) is 13.8. The minimum atomic E-state index is -1.18. The van der Waals surface area contributed by atoms with Crippen LogP contribution in [-0.2, 0) is 14.3 Å². The van der Waals surface area contributed by atoms with E-state index in [1.807, 2.05) is 0 Å². The van der Waals surface area contributed by atoms with E-state index in [1.165, 1.54) is 14.2 Å². The topological polar surface area (TPSA) is 73.6 Å². The number of methoxy groups -OCH3 is 2. The predicted molar refractivity (Wildman–Crippen MR) is 70.5 cm³/mol. The van der Waals surface area contributed by atoms with Gasteiger partial charge in [-0.2, -0.15) is 0 Å². The van der Waals surface area contributed by atoms with Crippen LogP contribution in [0.5, 0.6) is 0 Å². The fraction of sp³-hybridized carbons (Fsp3) is 0.417. The number of anilines is 1. The molecule has 0 aliphatic rings. The summed E-state index contributed by atoms with van der Waals surface area (Å²) >= 11 is 5.79. The van der Waals surface area contributed by atoms with E-state index in [1.54, 1.807) is 31.2 Å². The first-order valence-electron chi connectivity index (χ1n) is 5.33. The van der Waals surface area contributed by atoms with Gasteiger partial charge in [0.1, 0.15) is 0 Å². The molecule has 3 N–H and O–H groups in total. The average molecular weight is 273 g/mol. The molecule has 1 aromatic rings. The van der Waals surface area contributed by atoms with Gasteiger partial charge in [0.05, 0.1) is 0 Å². The van der Waals surface area contributed by atoms with Crippen molar-refractivity contribution in [1.29, 1.82) is 0 Å². The zero-order valence-corrected chi connectivity index (χ0v) is 11.3. The number of nitrogens with two attached hydrogens (primary N) is 1. The molecule has 0 saturated heterocycles. The molecular weight excluding hydrogens is 256 g/mol. The highest BCUT2D eigenvalue weighted by Gasteiger charge is 2.41. The Bertz CT molecular complexity index is 406. The van der Waals surface area contributed by atoms with Gasteiger partial charge in [0, 0.05) is 24.9 Å². The Morgan fingerprint density at radius 3 is 2.22 bits per heavy atom. The van der Waals surface area contributed by atoms with Crippen molar-refractivity contribution in [2.45, 2.75) is 18.8 Å². The molecule has 18 heavy (non-hydrogen) atoms. The molecule has 0 aliphatic carbocycles. The van der Waals surface area contributed by atoms with Crippen molar-refractivity contribution < 1.29 is 14.3 Å². The highest BCUT2D eigenvalue weighted by Crippen LogP contribution is 2.22. The molecule has 1 unspecified atom stereocenters. The van der Waals surface area contributed by atoms with Crippen LogP contribution in [0.2, 0.25) is 5.02 Å². The van der Waals surface area contributed by atoms with E-state index in [-0.39, 0.29) is 0 Å². The van der Waals surface area contributed by atoms with Gasteiger partial charge in [-0.1, -0.05) is 11.6 Å². The Morgan fingerprint density at radius 2 is 1.83 bits per heavy atom. The molecule has 1 aromatic carbocycles. The minimum absolute atomic E-state index is 0.578. The van der Waals surface area contributed by atoms with Gasteiger partial charge in [0.15, 0.2) is 11.8 Å². The van der Waals surface area contributed by atoms with Crippen molar-refractivity contribution in [3.8, 4) is 0 Å². The molecule has 0 bridgehead atoms. The van der Waals surface area contributed by atoms with Crippen LogP contribution in [0.15, 0.2) is 24.3 Å². The van der Waals surface area contributed by atoms with Crippen LogP contribution >= 0.6 is 11.6 Å². The summed E-state index contributed by atoms with van der Waals surface area (Å²) in [5, 5.41) is 3.61. The van der Waals surface area contributed by atoms with Gasteiger partial charge in [-0.3, -0.25) is 4.79 Å². The smallest absolute Gasteiger partial charge is 0.248 e. The SMILES string of the molecule is COC(OC)C(C)(Nc1ccc(Cl)cc1)C(N)=O. The number of benzene rings is 1. The van der Waals surface area contributed by atoms with Crippen molar-refractivity contribution in [3.63, 3.8) is 0 Å². The van der Waals surface area contributed by atoms with Crippen LogP contribution in [0.1, 0.15) is 6.92 Å². The molecule has 0 saturated carbocycles. The number of amides is 1. The first-order chi connectivity index (χ1) is 8.43. The average Bonchev–Trinajstić information content (AvgIpc) is 2.33. The highest BCUT2D eigenvalue weighted by atomic mass is 35.5. The maximum absolute atomic E-state index is 11.6. The molecule has 0 heterocycles. The van der Waals surface area contributed by atoms with Crippen molar-refractivity contribution in [2.24, 2.45) is 5.73 Å². The molecule has 6 heteroatoms. The monoisotopic (exact) mass is 272 g/mol. The van der Waals surface area contributed by atoms with E-state index >= 15 is 0 Å². The number of hydrogen-bond acceptors (Lipinski definition) is 4. The number of halogens is 1. The summed E-state index contributed by atoms with van der Waals surface area (Å²) in [7, 11) is 2.89. The van der Waals surface area contributed by atoms with Gasteiger partial charge < -0.3 is 20.5 Å². The molecule has 1 atom stereocenters. The normalized spacial score (nSPS) is 14.3. The van der Waals surface area contributed by atoms with Gasteiger partial charge >= 0.3 is 0 Å². The van der Waals surface area contributed by atoms with Crippen LogP contribution in [0.4, 0.5) is 5.69 Å². The van der Waals surface area contributed by atoms with Crippen molar-refractivity contribution in [2.75, 3.05) is 19.5 Å². The molecule has 1 rings (SSSR count). The lowest BCUT2D eigenvalue weighted by Crippen LogP contribution is -2.57. The summed E-state index contributed by atoms with van der Waals surface area (Å²) < 4.78 is 10.2. The Balaban J connectivity index is 2.99. The van der Waals surface area contributed by atoms with Crippen molar-refractivity contribution >= 4 is 23.2 Å². The fourth-order valence-electron chi connectivity index (χ4n) is 1.64. The fourth-order valence-corrected chi connectivity index (χ4v) is 1.76. The first kappa shape index (κ1) is 14.8. The maximum atomic E-state index is 11.6. The number of nitrogens with one attached hydrogen (secondary N) is 1. The molecule has 100 valence electrons. The Morgan fingerprint density at radius 1 is 1.33 bits per heavy atom. The van der Waals surface area contributed by atoms with E-state index in [2.05, 4.69) is 5.32 Å². The van der Waals surface area contributed by atoms with E-state index in [0.29, 0.717) is 10.7 Å². The number of hydrogen-bond donors (Lipinski definition) is 2. The summed E-state index contributed by atoms with van der Waals surface area (Å²) in [6.45, 7) is 1.61. The van der Waals surface area contributed by atoms with Gasteiger partial charge in [-0.15, -0.1) is 0 Å². The summed E-state index contributed by atoms with van der Waals surface area (Å²) in [5.74, 6) is -0.578. The van der Waals surface area contributed by atoms with E-state index in [9.17, 15) is 4.79 Å². The molecule has 5 nitrogen and oxygen atoms in total. The van der Waals surface area contributed by atoms with Gasteiger partial charge in [0.2, 0.25) is 5.91 Å². The Labute approximate surface area is 111 Å². The molecule has 0 fully saturated rings. The quantitative estimate of drug-likeness (QED) is 0.772. The lowest BCUT2D eigenvalue weighted by Gasteiger charge is -2.34. The zero-order valence-electron chi connectivity index (χ0n) is 10.6. The van der Waals surface area contributed by atoms with Crippen LogP contribution in [-0.4, -0.2) is 32.0 Å². The summed E-state index contributed by atoms with van der Waals surface area (Å²) in [6.07, 6.45) is -0.800. The van der Waals surface area contributed by atoms with Crippen molar-refractivity contribution in [1.82, 2.24) is 0 Å². The third-order valence-electron chi connectivity index (χ3n) is 2.66. The first-order valence-corrected chi connectivity index (χ1v) is 5.71. The van der Waals surface area contributed by atoms with Crippen LogP contribution in [0.25, 0.3) is 0 Å². The third kappa shape index (κ3) is 3.13. The lowest BCUT2D eigenvalue weighted by atomic mass is 10.00. The van der Waals surface area contributed by atoms with Crippen molar-refractivity contribution in [3.05, 3.63) is 29.3 Å². The van der Waals surface area contributed by atoms with E-state index < -0.39 is 17.7 Å². The van der Waals surface area contributed by atoms with Gasteiger partial charge in [-0.05, 0) is 31.2 Å². The standard InChI is InChI=1S/C12H17ClN2O3/c1-12(10(14)16,11(17-2)18-3)15-9-6-4-8(13)5-7-9/h4-7,11,15H,1-3H3,(H2,14,16). The Kier molecular flexibility index (Phi) is 4.95. The second kappa shape index (κ2) is 6.04. The molecular formula is C12H17ClN2O3. The van der Waals surface area contributed by atoms with E-state index in [0.717, 1.165) is 0 Å². The van der Waals surface area contributed by atoms with Crippen LogP contribution in [0, 0.1) is 0 Å². The van der Waals surface area contributed by atoms with Gasteiger partial charge in [0.25, 0.3) is 0 Å². The number of ether oxygens (including phenoxy) is 2. The summed E-state index contributed by atoms with van der Waals surface area (Å²) in [6, 6.07) is 6.90. The minimum Gasteiger partial charge on any atom is -0.367 e. The molecule has 0 spiro atoms.